The Labute approximate surface area is 132 Å². The van der Waals surface area contributed by atoms with Crippen LogP contribution in [-0.4, -0.2) is 4.98 Å². The van der Waals surface area contributed by atoms with Crippen LogP contribution in [0.1, 0.15) is 18.2 Å². The summed E-state index contributed by atoms with van der Waals surface area (Å²) < 4.78 is 2.19. The van der Waals surface area contributed by atoms with E-state index in [9.17, 15) is 0 Å². The zero-order valence-electron chi connectivity index (χ0n) is 13.4. The summed E-state index contributed by atoms with van der Waals surface area (Å²) in [5.41, 5.74) is 7.26. The van der Waals surface area contributed by atoms with Crippen LogP contribution < -0.4 is 4.57 Å². The molecule has 0 aliphatic carbocycles. The van der Waals surface area contributed by atoms with Crippen molar-refractivity contribution in [1.82, 2.24) is 4.98 Å². The van der Waals surface area contributed by atoms with Crippen LogP contribution in [0.15, 0.2) is 60.9 Å². The molecule has 2 heterocycles. The Kier molecular flexibility index (Phi) is 4.01. The number of pyridine rings is 2. The standard InChI is InChI=1S/C20H21N2/c1-4-18-11-9-16(13-21-18)17-10-12-20(22(3)14-17)19-8-6-5-7-15(19)2/h5-14H,4H2,1-3H3/q+1. The van der Waals surface area contributed by atoms with Gasteiger partial charge in [-0.25, -0.2) is 4.57 Å². The van der Waals surface area contributed by atoms with Gasteiger partial charge in [0.25, 0.3) is 0 Å². The minimum atomic E-state index is 0.972. The predicted octanol–water partition coefficient (Wildman–Crippen LogP) is 4.11. The van der Waals surface area contributed by atoms with Gasteiger partial charge in [-0.15, -0.1) is 0 Å². The van der Waals surface area contributed by atoms with Crippen molar-refractivity contribution in [3.63, 3.8) is 0 Å². The minimum Gasteiger partial charge on any atom is -0.261 e. The Bertz CT molecular complexity index is 789. The monoisotopic (exact) mass is 289 g/mol. The van der Waals surface area contributed by atoms with Gasteiger partial charge in [0.2, 0.25) is 5.69 Å². The van der Waals surface area contributed by atoms with Crippen molar-refractivity contribution < 1.29 is 4.57 Å². The first-order valence-electron chi connectivity index (χ1n) is 7.70. The second-order valence-corrected chi connectivity index (χ2v) is 5.62. The van der Waals surface area contributed by atoms with Crippen LogP contribution in [0.5, 0.6) is 0 Å². The predicted molar refractivity (Wildman–Crippen MR) is 90.4 cm³/mol. The summed E-state index contributed by atoms with van der Waals surface area (Å²) in [5.74, 6) is 0. The average molecular weight is 289 g/mol. The fourth-order valence-corrected chi connectivity index (χ4v) is 2.72. The zero-order valence-corrected chi connectivity index (χ0v) is 13.4. The summed E-state index contributed by atoms with van der Waals surface area (Å²) in [6.45, 7) is 4.27. The molecule has 0 spiro atoms. The van der Waals surface area contributed by atoms with Crippen LogP contribution >= 0.6 is 0 Å². The third-order valence-corrected chi connectivity index (χ3v) is 4.07. The Morgan fingerprint density at radius 3 is 2.36 bits per heavy atom. The van der Waals surface area contributed by atoms with E-state index in [1.807, 2.05) is 6.20 Å². The van der Waals surface area contributed by atoms with Crippen LogP contribution in [-0.2, 0) is 13.5 Å². The maximum absolute atomic E-state index is 4.49. The lowest BCUT2D eigenvalue weighted by Crippen LogP contribution is -2.30. The molecule has 2 nitrogen and oxygen atoms in total. The fourth-order valence-electron chi connectivity index (χ4n) is 2.72. The summed E-state index contributed by atoms with van der Waals surface area (Å²) in [6.07, 6.45) is 5.10. The summed E-state index contributed by atoms with van der Waals surface area (Å²) in [6, 6.07) is 17.1. The third kappa shape index (κ3) is 2.77. The summed E-state index contributed by atoms with van der Waals surface area (Å²) in [4.78, 5) is 4.49. The quantitative estimate of drug-likeness (QED) is 0.663. The second-order valence-electron chi connectivity index (χ2n) is 5.62. The molecule has 2 heteroatoms. The molecule has 3 aromatic rings. The molecular formula is C20H21N2+. The number of benzene rings is 1. The van der Waals surface area contributed by atoms with Crippen LogP contribution in [0.3, 0.4) is 0 Å². The maximum atomic E-state index is 4.49. The van der Waals surface area contributed by atoms with Crippen molar-refractivity contribution in [2.75, 3.05) is 0 Å². The van der Waals surface area contributed by atoms with E-state index in [-0.39, 0.29) is 0 Å². The highest BCUT2D eigenvalue weighted by Gasteiger charge is 2.13. The van der Waals surface area contributed by atoms with Gasteiger partial charge in [0.05, 0.1) is 0 Å². The summed E-state index contributed by atoms with van der Waals surface area (Å²) in [5, 5.41) is 0. The number of hydrogen-bond donors (Lipinski definition) is 0. The number of hydrogen-bond acceptors (Lipinski definition) is 1. The van der Waals surface area contributed by atoms with E-state index in [0.29, 0.717) is 0 Å². The zero-order chi connectivity index (χ0) is 15.5. The molecule has 2 aromatic heterocycles. The fraction of sp³-hybridized carbons (Fsp3) is 0.200. The van der Waals surface area contributed by atoms with Gasteiger partial charge >= 0.3 is 0 Å². The van der Waals surface area contributed by atoms with Crippen LogP contribution in [0.25, 0.3) is 22.4 Å². The molecule has 0 N–H and O–H groups in total. The van der Waals surface area contributed by atoms with E-state index in [4.69, 9.17) is 0 Å². The number of nitrogens with zero attached hydrogens (tertiary/aromatic N) is 2. The highest BCUT2D eigenvalue weighted by atomic mass is 14.9. The third-order valence-electron chi connectivity index (χ3n) is 4.07. The molecule has 0 fully saturated rings. The number of aromatic nitrogens is 2. The Hall–Kier alpha value is -2.48. The molecule has 0 aliphatic rings. The lowest BCUT2D eigenvalue weighted by atomic mass is 10.0. The Morgan fingerprint density at radius 1 is 0.955 bits per heavy atom. The van der Waals surface area contributed by atoms with Crippen molar-refractivity contribution in [3.8, 4) is 22.4 Å². The molecule has 1 aromatic carbocycles. The average Bonchev–Trinajstić information content (AvgIpc) is 2.56. The van der Waals surface area contributed by atoms with Gasteiger partial charge in [-0.05, 0) is 37.1 Å². The maximum Gasteiger partial charge on any atom is 0.212 e. The van der Waals surface area contributed by atoms with Crippen LogP contribution in [0, 0.1) is 6.92 Å². The molecular weight excluding hydrogens is 268 g/mol. The molecule has 22 heavy (non-hydrogen) atoms. The minimum absolute atomic E-state index is 0.972. The topological polar surface area (TPSA) is 16.8 Å². The van der Waals surface area contributed by atoms with Gasteiger partial charge in [-0.3, -0.25) is 4.98 Å². The summed E-state index contributed by atoms with van der Waals surface area (Å²) >= 11 is 0. The van der Waals surface area contributed by atoms with E-state index in [1.54, 1.807) is 0 Å². The van der Waals surface area contributed by atoms with Gasteiger partial charge in [0, 0.05) is 34.6 Å². The van der Waals surface area contributed by atoms with Gasteiger partial charge in [-0.1, -0.05) is 31.2 Å². The smallest absolute Gasteiger partial charge is 0.212 e. The first kappa shape index (κ1) is 14.5. The largest absolute Gasteiger partial charge is 0.261 e. The molecule has 0 bridgehead atoms. The molecule has 0 aliphatic heterocycles. The Morgan fingerprint density at radius 2 is 1.73 bits per heavy atom. The molecule has 0 saturated carbocycles. The van der Waals surface area contributed by atoms with E-state index in [0.717, 1.165) is 17.7 Å². The van der Waals surface area contributed by atoms with Crippen LogP contribution in [0.2, 0.25) is 0 Å². The highest BCUT2D eigenvalue weighted by Crippen LogP contribution is 2.23. The number of aryl methyl sites for hydroxylation is 3. The van der Waals surface area contributed by atoms with Gasteiger partial charge in [0.1, 0.15) is 7.05 Å². The summed E-state index contributed by atoms with van der Waals surface area (Å²) in [7, 11) is 2.10. The molecule has 0 saturated heterocycles. The van der Waals surface area contributed by atoms with Gasteiger partial charge in [0.15, 0.2) is 6.20 Å². The second kappa shape index (κ2) is 6.10. The lowest BCUT2D eigenvalue weighted by Gasteiger charge is -2.06. The molecule has 0 atom stereocenters. The van der Waals surface area contributed by atoms with Crippen molar-refractivity contribution in [1.29, 1.82) is 0 Å². The van der Waals surface area contributed by atoms with Crippen molar-refractivity contribution in [2.45, 2.75) is 20.3 Å². The van der Waals surface area contributed by atoms with E-state index < -0.39 is 0 Å². The molecule has 110 valence electrons. The van der Waals surface area contributed by atoms with Crippen molar-refractivity contribution >= 4 is 0 Å². The van der Waals surface area contributed by atoms with Crippen LogP contribution in [0.4, 0.5) is 0 Å². The highest BCUT2D eigenvalue weighted by molar-refractivity contribution is 5.65. The normalized spacial score (nSPS) is 10.7. The van der Waals surface area contributed by atoms with Gasteiger partial charge in [-0.2, -0.15) is 0 Å². The first-order chi connectivity index (χ1) is 10.7. The number of rotatable bonds is 3. The molecule has 0 radical (unpaired) electrons. The SMILES string of the molecule is CCc1ccc(-c2ccc(-c3ccccc3C)[n+](C)c2)cn1. The van der Waals surface area contributed by atoms with Crippen molar-refractivity contribution in [2.24, 2.45) is 7.05 Å². The first-order valence-corrected chi connectivity index (χ1v) is 7.70. The van der Waals surface area contributed by atoms with E-state index in [2.05, 4.69) is 85.2 Å². The van der Waals surface area contributed by atoms with Crippen molar-refractivity contribution in [3.05, 3.63) is 72.2 Å². The van der Waals surface area contributed by atoms with E-state index in [1.165, 1.54) is 22.4 Å². The Balaban J connectivity index is 2.00. The lowest BCUT2D eigenvalue weighted by molar-refractivity contribution is -0.659. The van der Waals surface area contributed by atoms with E-state index >= 15 is 0 Å². The molecule has 3 rings (SSSR count). The molecule has 0 amide bonds. The van der Waals surface area contributed by atoms with Gasteiger partial charge < -0.3 is 0 Å². The molecule has 0 unspecified atom stereocenters.